The molecule has 1 heterocycles. The average Bonchev–Trinajstić information content (AvgIpc) is 3.04. The van der Waals surface area contributed by atoms with Gasteiger partial charge in [0.2, 0.25) is 17.7 Å². The van der Waals surface area contributed by atoms with E-state index in [0.717, 1.165) is 16.5 Å². The fourth-order valence-corrected chi connectivity index (χ4v) is 5.33. The predicted molar refractivity (Wildman–Crippen MR) is 184 cm³/mol. The fraction of sp³-hybridized carbons (Fsp3) is 0.441. The summed E-state index contributed by atoms with van der Waals surface area (Å²) in [5.41, 5.74) is 7.46. The van der Waals surface area contributed by atoms with Crippen molar-refractivity contribution in [2.45, 2.75) is 71.2 Å². The van der Waals surface area contributed by atoms with E-state index in [1.165, 1.54) is 17.8 Å². The van der Waals surface area contributed by atoms with E-state index in [2.05, 4.69) is 21.3 Å². The summed E-state index contributed by atoms with van der Waals surface area (Å²) in [4.78, 5) is 64.9. The van der Waals surface area contributed by atoms with Crippen LogP contribution < -0.4 is 32.6 Å². The molecule has 0 unspecified atom stereocenters. The molecule has 13 heteroatoms. The minimum absolute atomic E-state index is 0.0377. The lowest BCUT2D eigenvalue weighted by Gasteiger charge is -2.26. The van der Waals surface area contributed by atoms with Crippen molar-refractivity contribution in [1.29, 1.82) is 0 Å². The second-order valence-electron chi connectivity index (χ2n) is 11.6. The Morgan fingerprint density at radius 3 is 2.28 bits per heavy atom. The van der Waals surface area contributed by atoms with Crippen LogP contribution in [0.4, 0.5) is 10.5 Å². The number of amides is 4. The first-order valence-corrected chi connectivity index (χ1v) is 17.0. The number of hydrogen-bond donors (Lipinski definition) is 5. The van der Waals surface area contributed by atoms with Gasteiger partial charge in [-0.1, -0.05) is 44.2 Å². The highest BCUT2D eigenvalue weighted by Gasteiger charge is 2.31. The molecule has 0 spiro atoms. The van der Waals surface area contributed by atoms with E-state index in [9.17, 15) is 24.0 Å². The number of nitrogens with two attached hydrogens (primary N) is 1. The number of alkyl carbamates (subject to hydrolysis) is 1. The zero-order valence-corrected chi connectivity index (χ0v) is 28.1. The molecule has 1 aromatic heterocycles. The standard InChI is InChI=1S/C34H45N5O7S/c1-21(2)30(39-34(44)45-20-23-10-6-5-7-11-23)33(43)38-26(12-8-9-16-35)32(42)37-27(15-17-47-4)31(41)36-24-13-14-25-22(3)18-29(40)46-28(25)19-24/h5-7,10-11,13-14,18-19,21,26-27,30H,8-9,12,15-17,20,35H2,1-4H3,(H,36,41)(H,37,42)(H,38,43)(H,39,44)/t26-,27+,30-/m1/s1. The summed E-state index contributed by atoms with van der Waals surface area (Å²) in [6.07, 6.45) is 2.92. The van der Waals surface area contributed by atoms with Crippen molar-refractivity contribution < 1.29 is 28.3 Å². The highest BCUT2D eigenvalue weighted by molar-refractivity contribution is 7.98. The number of fused-ring (bicyclic) bond motifs is 1. The van der Waals surface area contributed by atoms with Gasteiger partial charge in [-0.3, -0.25) is 14.4 Å². The van der Waals surface area contributed by atoms with Gasteiger partial charge < -0.3 is 36.2 Å². The van der Waals surface area contributed by atoms with Gasteiger partial charge in [0.05, 0.1) is 0 Å². The number of aryl methyl sites for hydroxylation is 1. The molecule has 0 aliphatic carbocycles. The van der Waals surface area contributed by atoms with Crippen LogP contribution in [0.2, 0.25) is 0 Å². The van der Waals surface area contributed by atoms with Crippen LogP contribution in [0.5, 0.6) is 0 Å². The molecule has 3 atom stereocenters. The van der Waals surface area contributed by atoms with E-state index in [1.54, 1.807) is 39.0 Å². The van der Waals surface area contributed by atoms with Gasteiger partial charge in [0.1, 0.15) is 30.3 Å². The van der Waals surface area contributed by atoms with Crippen LogP contribution in [0, 0.1) is 12.8 Å². The lowest BCUT2D eigenvalue weighted by molar-refractivity contribution is -0.132. The summed E-state index contributed by atoms with van der Waals surface area (Å²) >= 11 is 1.52. The number of carbonyl (C=O) groups is 4. The number of ether oxygens (including phenoxy) is 1. The molecule has 254 valence electrons. The van der Waals surface area contributed by atoms with E-state index >= 15 is 0 Å². The van der Waals surface area contributed by atoms with Crippen LogP contribution in [0.1, 0.15) is 50.7 Å². The first kappa shape index (κ1) is 37.1. The van der Waals surface area contributed by atoms with Crippen molar-refractivity contribution in [2.75, 3.05) is 23.9 Å². The van der Waals surface area contributed by atoms with Crippen LogP contribution >= 0.6 is 11.8 Å². The van der Waals surface area contributed by atoms with Gasteiger partial charge >= 0.3 is 11.7 Å². The zero-order valence-electron chi connectivity index (χ0n) is 27.3. The second kappa shape index (κ2) is 18.7. The number of thioether (sulfide) groups is 1. The van der Waals surface area contributed by atoms with Crippen LogP contribution in [-0.2, 0) is 25.7 Å². The highest BCUT2D eigenvalue weighted by Crippen LogP contribution is 2.21. The number of hydrogen-bond acceptors (Lipinski definition) is 9. The SMILES string of the molecule is CSCC[C@H](NC(=O)[C@@H](CCCCN)NC(=O)[C@H](NC(=O)OCc1ccccc1)C(C)C)C(=O)Nc1ccc2c(C)cc(=O)oc2c1. The largest absolute Gasteiger partial charge is 0.445 e. The molecule has 0 radical (unpaired) electrons. The third kappa shape index (κ3) is 11.7. The number of rotatable bonds is 17. The molecule has 0 bridgehead atoms. The number of anilines is 1. The van der Waals surface area contributed by atoms with Crippen molar-refractivity contribution in [3.8, 4) is 0 Å². The summed E-state index contributed by atoms with van der Waals surface area (Å²) in [6.45, 7) is 5.79. The van der Waals surface area contributed by atoms with E-state index in [-0.39, 0.29) is 18.9 Å². The average molecular weight is 668 g/mol. The molecular formula is C34H45N5O7S. The molecule has 3 aromatic rings. The maximum atomic E-state index is 13.6. The first-order valence-electron chi connectivity index (χ1n) is 15.6. The number of unbranched alkanes of at least 4 members (excludes halogenated alkanes) is 1. The predicted octanol–water partition coefficient (Wildman–Crippen LogP) is 3.84. The summed E-state index contributed by atoms with van der Waals surface area (Å²) in [7, 11) is 0. The Kier molecular flexibility index (Phi) is 14.8. The lowest BCUT2D eigenvalue weighted by Crippen LogP contribution is -2.57. The van der Waals surface area contributed by atoms with Gasteiger partial charge in [0.25, 0.3) is 0 Å². The lowest BCUT2D eigenvalue weighted by atomic mass is 10.0. The summed E-state index contributed by atoms with van der Waals surface area (Å²) < 4.78 is 10.6. The molecule has 2 aromatic carbocycles. The first-order chi connectivity index (χ1) is 22.5. The van der Waals surface area contributed by atoms with Gasteiger partial charge in [-0.2, -0.15) is 11.8 Å². The van der Waals surface area contributed by atoms with Crippen LogP contribution in [0.25, 0.3) is 11.0 Å². The minimum atomic E-state index is -0.986. The Balaban J connectivity index is 1.71. The normalized spacial score (nSPS) is 13.0. The Morgan fingerprint density at radius 2 is 1.60 bits per heavy atom. The van der Waals surface area contributed by atoms with Gasteiger partial charge in [0.15, 0.2) is 0 Å². The van der Waals surface area contributed by atoms with Crippen molar-refractivity contribution >= 4 is 52.2 Å². The van der Waals surface area contributed by atoms with Gasteiger partial charge in [-0.05, 0) is 80.3 Å². The quantitative estimate of drug-likeness (QED) is 0.106. The van der Waals surface area contributed by atoms with Crippen LogP contribution in [0.15, 0.2) is 63.8 Å². The molecule has 0 aliphatic heterocycles. The second-order valence-corrected chi connectivity index (χ2v) is 12.6. The molecule has 0 saturated heterocycles. The molecule has 0 fully saturated rings. The number of carbonyl (C=O) groups excluding carboxylic acids is 4. The highest BCUT2D eigenvalue weighted by atomic mass is 32.2. The summed E-state index contributed by atoms with van der Waals surface area (Å²) in [5.74, 6) is -1.29. The van der Waals surface area contributed by atoms with Crippen LogP contribution in [0.3, 0.4) is 0 Å². The fourth-order valence-electron chi connectivity index (χ4n) is 4.86. The van der Waals surface area contributed by atoms with Crippen LogP contribution in [-0.4, -0.2) is 60.5 Å². The topological polar surface area (TPSA) is 182 Å². The maximum Gasteiger partial charge on any atom is 0.408 e. The van der Waals surface area contributed by atoms with Crippen molar-refractivity contribution in [3.63, 3.8) is 0 Å². The molecule has 4 amide bonds. The maximum absolute atomic E-state index is 13.6. The third-order valence-corrected chi connectivity index (χ3v) is 8.12. The van der Waals surface area contributed by atoms with E-state index in [1.807, 2.05) is 36.6 Å². The van der Waals surface area contributed by atoms with E-state index in [4.69, 9.17) is 14.9 Å². The molecule has 3 rings (SSSR count). The molecule has 47 heavy (non-hydrogen) atoms. The molecule has 12 nitrogen and oxygen atoms in total. The molecule has 0 aliphatic rings. The Morgan fingerprint density at radius 1 is 0.894 bits per heavy atom. The summed E-state index contributed by atoms with van der Waals surface area (Å²) in [6, 6.07) is 12.7. The van der Waals surface area contributed by atoms with Crippen molar-refractivity contribution in [3.05, 3.63) is 76.1 Å². The van der Waals surface area contributed by atoms with E-state index < -0.39 is 47.6 Å². The monoisotopic (exact) mass is 667 g/mol. The Labute approximate surface area is 278 Å². The Bertz CT molecular complexity index is 1560. The molecule has 0 saturated carbocycles. The summed E-state index contributed by atoms with van der Waals surface area (Å²) in [5, 5.41) is 11.7. The smallest absolute Gasteiger partial charge is 0.408 e. The number of benzene rings is 2. The van der Waals surface area contributed by atoms with Crippen molar-refractivity contribution in [2.24, 2.45) is 11.7 Å². The minimum Gasteiger partial charge on any atom is -0.445 e. The molecule has 6 N–H and O–H groups in total. The number of nitrogens with one attached hydrogen (secondary N) is 4. The van der Waals surface area contributed by atoms with E-state index in [0.29, 0.717) is 42.8 Å². The van der Waals surface area contributed by atoms with Gasteiger partial charge in [0, 0.05) is 23.2 Å². The van der Waals surface area contributed by atoms with Gasteiger partial charge in [-0.25, -0.2) is 9.59 Å². The Hall–Kier alpha value is -4.36. The van der Waals surface area contributed by atoms with Crippen molar-refractivity contribution in [1.82, 2.24) is 16.0 Å². The zero-order chi connectivity index (χ0) is 34.3. The third-order valence-electron chi connectivity index (χ3n) is 7.48. The van der Waals surface area contributed by atoms with Gasteiger partial charge in [-0.15, -0.1) is 0 Å². The molecular weight excluding hydrogens is 622 g/mol.